The summed E-state index contributed by atoms with van der Waals surface area (Å²) in [7, 11) is 0. The fourth-order valence-corrected chi connectivity index (χ4v) is 12.0. The summed E-state index contributed by atoms with van der Waals surface area (Å²) in [6, 6.07) is 91.4. The molecule has 0 aromatic heterocycles. The molecular formula is C81H82O12. The van der Waals surface area contributed by atoms with Crippen LogP contribution in [0.4, 0.5) is 0 Å². The van der Waals surface area contributed by atoms with Crippen LogP contribution < -0.4 is 0 Å². The highest BCUT2D eigenvalue weighted by molar-refractivity contribution is 5.25. The first-order chi connectivity index (χ1) is 46.1. The molecule has 12 atom stereocenters. The first-order valence-electron chi connectivity index (χ1n) is 32.3. The van der Waals surface area contributed by atoms with Crippen molar-refractivity contribution in [2.24, 2.45) is 0 Å². The fraction of sp³-hybridized carbons (Fsp3) is 0.284. The van der Waals surface area contributed by atoms with Gasteiger partial charge in [0.05, 0.1) is 66.1 Å². The highest BCUT2D eigenvalue weighted by Gasteiger charge is 2.52. The molecule has 3 heterocycles. The van der Waals surface area contributed by atoms with E-state index in [4.69, 9.17) is 56.8 Å². The van der Waals surface area contributed by atoms with Crippen molar-refractivity contribution in [3.63, 3.8) is 0 Å². The molecule has 3 aliphatic heterocycles. The van der Waals surface area contributed by atoms with Gasteiger partial charge in [-0.2, -0.15) is 0 Å². The van der Waals surface area contributed by atoms with Crippen LogP contribution in [-0.2, 0) is 116 Å². The molecule has 0 bridgehead atoms. The lowest BCUT2D eigenvalue weighted by Crippen LogP contribution is -2.40. The van der Waals surface area contributed by atoms with Crippen LogP contribution in [0.5, 0.6) is 0 Å². The second-order valence-electron chi connectivity index (χ2n) is 23.6. The van der Waals surface area contributed by atoms with Crippen molar-refractivity contribution in [2.45, 2.75) is 133 Å². The summed E-state index contributed by atoms with van der Waals surface area (Å²) in [5.74, 6) is 0.485. The van der Waals surface area contributed by atoms with Gasteiger partial charge in [-0.15, -0.1) is 0 Å². The quantitative estimate of drug-likeness (QED) is 0.0288. The second kappa shape index (κ2) is 34.6. The van der Waals surface area contributed by atoms with Gasteiger partial charge in [0.25, 0.3) is 0 Å². The van der Waals surface area contributed by atoms with E-state index in [2.05, 4.69) is 97.1 Å². The minimum atomic E-state index is -0.862. The van der Waals surface area contributed by atoms with Crippen molar-refractivity contribution in [3.05, 3.63) is 347 Å². The number of benzene rings is 9. The van der Waals surface area contributed by atoms with E-state index in [0.29, 0.717) is 45.4 Å². The van der Waals surface area contributed by atoms with E-state index in [-0.39, 0.29) is 33.0 Å². The van der Waals surface area contributed by atoms with Crippen LogP contribution in [-0.4, -0.2) is 86.5 Å². The molecule has 3 fully saturated rings. The van der Waals surface area contributed by atoms with Crippen LogP contribution in [0.15, 0.2) is 297 Å². The first-order valence-corrected chi connectivity index (χ1v) is 32.3. The lowest BCUT2D eigenvalue weighted by molar-refractivity contribution is -0.0897. The van der Waals surface area contributed by atoms with Crippen LogP contribution in [0.2, 0.25) is 0 Å². The lowest BCUT2D eigenvalue weighted by atomic mass is 10.0. The summed E-state index contributed by atoms with van der Waals surface area (Å²) in [6.07, 6.45) is -1.67. The zero-order valence-corrected chi connectivity index (χ0v) is 52.3. The van der Waals surface area contributed by atoms with Crippen molar-refractivity contribution in [1.29, 1.82) is 0 Å². The summed E-state index contributed by atoms with van der Waals surface area (Å²) < 4.78 is 84.5. The predicted octanol–water partition coefficient (Wildman–Crippen LogP) is 14.9. The Labute approximate surface area is 547 Å². The van der Waals surface area contributed by atoms with E-state index in [1.54, 1.807) is 0 Å². The van der Waals surface area contributed by atoms with E-state index in [1.807, 2.05) is 194 Å². The summed E-state index contributed by atoms with van der Waals surface area (Å²) in [5, 5.41) is 0. The van der Waals surface area contributed by atoms with Gasteiger partial charge in [-0.3, -0.25) is 0 Å². The van der Waals surface area contributed by atoms with Crippen LogP contribution in [0.1, 0.15) is 50.1 Å². The molecule has 3 saturated heterocycles. The monoisotopic (exact) mass is 1250 g/mol. The molecule has 0 N–H and O–H groups in total. The van der Waals surface area contributed by atoms with E-state index >= 15 is 0 Å². The van der Waals surface area contributed by atoms with Gasteiger partial charge in [0.1, 0.15) is 85.6 Å². The third kappa shape index (κ3) is 19.0. The predicted molar refractivity (Wildman–Crippen MR) is 357 cm³/mol. The molecule has 9 aromatic carbocycles. The molecule has 0 saturated carbocycles. The van der Waals surface area contributed by atoms with E-state index in [9.17, 15) is 0 Å². The second-order valence-corrected chi connectivity index (χ2v) is 23.6. The lowest BCUT2D eigenvalue weighted by Gasteiger charge is -2.27. The number of hydrogen-bond acceptors (Lipinski definition) is 12. The Morgan fingerprint density at radius 1 is 0.258 bits per heavy atom. The van der Waals surface area contributed by atoms with Gasteiger partial charge in [0.2, 0.25) is 0 Å². The molecule has 12 rings (SSSR count). The van der Waals surface area contributed by atoms with Crippen LogP contribution >= 0.6 is 0 Å². The maximum atomic E-state index is 7.52. The SMILES string of the molecule is C(=C[C@H]1O[C@H](COCc2ccccc2)[C@@H](OCc2ccccc2)[C@@H]1OCc1ccccc1)[C@H]1O[C@H](/C(=C/[C@H]2O[C@H](COCc3ccccc3)[C@@H](OCc3ccccc3)[C@@H]2OCc2ccccc2)OCc2ccccc2)[C@@H](OCc2ccccc2)[C@@H]1OCc1ccccc1. The van der Waals surface area contributed by atoms with Gasteiger partial charge in [0, 0.05) is 0 Å². The Morgan fingerprint density at radius 3 is 0.839 bits per heavy atom. The van der Waals surface area contributed by atoms with Crippen molar-refractivity contribution < 1.29 is 56.8 Å². The van der Waals surface area contributed by atoms with Gasteiger partial charge in [-0.25, -0.2) is 0 Å². The van der Waals surface area contributed by atoms with Gasteiger partial charge in [0.15, 0.2) is 0 Å². The Kier molecular flexibility index (Phi) is 24.2. The molecule has 9 aromatic rings. The topological polar surface area (TPSA) is 111 Å². The normalized spacial score (nSPS) is 23.8. The average molecular weight is 1250 g/mol. The third-order valence-electron chi connectivity index (χ3n) is 16.8. The fourth-order valence-electron chi connectivity index (χ4n) is 12.0. The first kappa shape index (κ1) is 64.9. The minimum absolute atomic E-state index is 0.211. The molecule has 0 spiro atoms. The standard InChI is InChI=1S/C81H82O12/c1-10-28-60(29-11-1)49-82-58-73-78(88-55-66-40-22-7-23-41-66)75(85-52-63-34-16-4-17-35-63)69(91-73)46-47-70-76(86-53-64-36-18-5-19-37-64)81(90-57-68-44-26-9-27-45-68)80(93-70)71(84-51-62-32-14-3-15-33-62)48-72-77(87-54-65-38-20-6-21-39-65)79(89-56-67-42-24-8-25-43-67)74(92-72)59-83-50-61-30-12-2-13-31-61/h1-48,69-70,72-81H,49-59H2/b47-46?,71-48-/t69-,70-,72-,73-,74-,75-,76-,77-,78-,79-,80-,81+/m1/s1. The number of hydrogen-bond donors (Lipinski definition) is 0. The molecule has 12 nitrogen and oxygen atoms in total. The van der Waals surface area contributed by atoms with Gasteiger partial charge >= 0.3 is 0 Å². The summed E-state index contributed by atoms with van der Waals surface area (Å²) in [4.78, 5) is 0. The van der Waals surface area contributed by atoms with Gasteiger partial charge in [-0.1, -0.05) is 285 Å². The van der Waals surface area contributed by atoms with Gasteiger partial charge < -0.3 is 56.8 Å². The minimum Gasteiger partial charge on any atom is -0.491 e. The highest BCUT2D eigenvalue weighted by atomic mass is 16.6. The van der Waals surface area contributed by atoms with Crippen LogP contribution in [0.3, 0.4) is 0 Å². The largest absolute Gasteiger partial charge is 0.491 e. The molecule has 3 aliphatic rings. The Hall–Kier alpha value is -8.18. The smallest absolute Gasteiger partial charge is 0.144 e. The average Bonchev–Trinajstić information content (AvgIpc) is 1.67. The van der Waals surface area contributed by atoms with Crippen LogP contribution in [0.25, 0.3) is 0 Å². The molecule has 0 radical (unpaired) electrons. The molecule has 0 unspecified atom stereocenters. The number of ether oxygens (including phenoxy) is 12. The molecule has 0 amide bonds. The molecular weight excluding hydrogens is 1160 g/mol. The summed E-state index contributed by atoms with van der Waals surface area (Å²) in [5.41, 5.74) is 9.13. The molecule has 12 heteroatoms. The van der Waals surface area contributed by atoms with Crippen molar-refractivity contribution >= 4 is 0 Å². The third-order valence-corrected chi connectivity index (χ3v) is 16.8. The van der Waals surface area contributed by atoms with E-state index in [0.717, 1.165) is 50.1 Å². The Morgan fingerprint density at radius 2 is 0.505 bits per heavy atom. The number of rotatable bonds is 33. The zero-order chi connectivity index (χ0) is 62.9. The van der Waals surface area contributed by atoms with Crippen molar-refractivity contribution in [1.82, 2.24) is 0 Å². The molecule has 0 aliphatic carbocycles. The van der Waals surface area contributed by atoms with Gasteiger partial charge in [-0.05, 0) is 56.1 Å². The zero-order valence-electron chi connectivity index (χ0n) is 52.3. The molecule has 478 valence electrons. The van der Waals surface area contributed by atoms with Crippen LogP contribution in [0, 0.1) is 0 Å². The Balaban J connectivity index is 0.924. The Bertz CT molecular complexity index is 3590. The summed E-state index contributed by atoms with van der Waals surface area (Å²) >= 11 is 0. The maximum Gasteiger partial charge on any atom is 0.144 e. The molecule has 93 heavy (non-hydrogen) atoms. The maximum absolute atomic E-state index is 7.52. The van der Waals surface area contributed by atoms with Crippen molar-refractivity contribution in [3.8, 4) is 0 Å². The summed E-state index contributed by atoms with van der Waals surface area (Å²) in [6.45, 7) is 3.30. The highest BCUT2D eigenvalue weighted by Crippen LogP contribution is 2.39. The van der Waals surface area contributed by atoms with E-state index in [1.165, 1.54) is 0 Å². The van der Waals surface area contributed by atoms with Crippen molar-refractivity contribution in [2.75, 3.05) is 13.2 Å². The van der Waals surface area contributed by atoms with E-state index < -0.39 is 73.2 Å².